The highest BCUT2D eigenvalue weighted by molar-refractivity contribution is 7.91. The minimum atomic E-state index is -3.47. The minimum Gasteiger partial charge on any atom is -0.398 e. The molecule has 0 saturated carbocycles. The summed E-state index contributed by atoms with van der Waals surface area (Å²) in [5, 5.41) is 0. The van der Waals surface area contributed by atoms with Crippen LogP contribution < -0.4 is 5.73 Å². The van der Waals surface area contributed by atoms with E-state index < -0.39 is 15.7 Å². The summed E-state index contributed by atoms with van der Waals surface area (Å²) in [4.78, 5) is 4.35. The van der Waals surface area contributed by atoms with Gasteiger partial charge in [0.2, 0.25) is 0 Å². The first kappa shape index (κ1) is 15.2. The highest BCUT2D eigenvalue weighted by Gasteiger charge is 2.21. The van der Waals surface area contributed by atoms with Gasteiger partial charge in [-0.25, -0.2) is 12.8 Å². The van der Waals surface area contributed by atoms with Gasteiger partial charge in [0, 0.05) is 32.7 Å². The normalized spacial score (nSPS) is 18.3. The Kier molecular flexibility index (Phi) is 4.62. The van der Waals surface area contributed by atoms with Crippen molar-refractivity contribution in [2.75, 3.05) is 51.3 Å². The van der Waals surface area contributed by atoms with Crippen LogP contribution in [0.3, 0.4) is 0 Å². The third-order valence-corrected chi connectivity index (χ3v) is 5.34. The molecule has 0 radical (unpaired) electrons. The Balaban J connectivity index is 2.00. The molecule has 0 atom stereocenters. The first-order valence-electron chi connectivity index (χ1n) is 6.57. The van der Waals surface area contributed by atoms with Crippen LogP contribution in [0, 0.1) is 5.82 Å². The number of halogens is 1. The molecule has 0 aliphatic carbocycles. The summed E-state index contributed by atoms with van der Waals surface area (Å²) in [6, 6.07) is 3.41. The molecule has 20 heavy (non-hydrogen) atoms. The van der Waals surface area contributed by atoms with Crippen molar-refractivity contribution in [1.29, 1.82) is 0 Å². The average molecular weight is 301 g/mol. The van der Waals surface area contributed by atoms with E-state index in [0.29, 0.717) is 6.54 Å². The predicted octanol–water partition coefficient (Wildman–Crippen LogP) is 0.429. The zero-order valence-electron chi connectivity index (χ0n) is 11.5. The van der Waals surface area contributed by atoms with Gasteiger partial charge in [-0.15, -0.1) is 0 Å². The molecule has 1 aromatic rings. The maximum absolute atomic E-state index is 13.0. The lowest BCUT2D eigenvalue weighted by Gasteiger charge is -2.32. The van der Waals surface area contributed by atoms with Crippen molar-refractivity contribution in [3.63, 3.8) is 0 Å². The number of likely N-dealkylation sites (N-methyl/N-ethyl adjacent to an activating group) is 1. The number of nitrogens with two attached hydrogens (primary N) is 1. The molecule has 112 valence electrons. The van der Waals surface area contributed by atoms with Gasteiger partial charge >= 0.3 is 0 Å². The lowest BCUT2D eigenvalue weighted by Crippen LogP contribution is -2.45. The highest BCUT2D eigenvalue weighted by atomic mass is 32.2. The Labute approximate surface area is 119 Å². The van der Waals surface area contributed by atoms with Crippen LogP contribution in [0.4, 0.5) is 10.1 Å². The van der Waals surface area contributed by atoms with E-state index in [-0.39, 0.29) is 16.3 Å². The first-order valence-corrected chi connectivity index (χ1v) is 8.22. The molecular weight excluding hydrogens is 281 g/mol. The third kappa shape index (κ3) is 3.68. The van der Waals surface area contributed by atoms with Gasteiger partial charge in [0.05, 0.1) is 16.3 Å². The fourth-order valence-corrected chi connectivity index (χ4v) is 3.65. The molecule has 5 nitrogen and oxygen atoms in total. The van der Waals surface area contributed by atoms with E-state index in [0.717, 1.165) is 38.3 Å². The van der Waals surface area contributed by atoms with Gasteiger partial charge in [0.25, 0.3) is 0 Å². The zero-order valence-corrected chi connectivity index (χ0v) is 12.4. The van der Waals surface area contributed by atoms with Crippen molar-refractivity contribution in [2.24, 2.45) is 0 Å². The Morgan fingerprint density at radius 3 is 2.50 bits per heavy atom. The monoisotopic (exact) mass is 301 g/mol. The first-order chi connectivity index (χ1) is 9.38. The van der Waals surface area contributed by atoms with Crippen LogP contribution in [0.15, 0.2) is 23.1 Å². The number of nitrogens with zero attached hydrogens (tertiary/aromatic N) is 2. The van der Waals surface area contributed by atoms with Gasteiger partial charge in [-0.1, -0.05) is 0 Å². The maximum atomic E-state index is 13.0. The molecule has 0 aromatic heterocycles. The fourth-order valence-electron chi connectivity index (χ4n) is 2.23. The smallest absolute Gasteiger partial charge is 0.181 e. The van der Waals surface area contributed by atoms with Crippen LogP contribution in [0.5, 0.6) is 0 Å². The van der Waals surface area contributed by atoms with Gasteiger partial charge in [-0.3, -0.25) is 4.90 Å². The molecule has 0 spiro atoms. The number of piperazine rings is 1. The van der Waals surface area contributed by atoms with E-state index in [1.54, 1.807) is 0 Å². The topological polar surface area (TPSA) is 66.6 Å². The number of anilines is 1. The third-order valence-electron chi connectivity index (χ3n) is 3.58. The molecular formula is C13H20FN3O2S. The van der Waals surface area contributed by atoms with Crippen molar-refractivity contribution in [3.8, 4) is 0 Å². The van der Waals surface area contributed by atoms with Gasteiger partial charge in [0.1, 0.15) is 5.82 Å². The number of hydrogen-bond donors (Lipinski definition) is 1. The Morgan fingerprint density at radius 1 is 1.25 bits per heavy atom. The number of hydrogen-bond acceptors (Lipinski definition) is 5. The SMILES string of the molecule is CN1CCN(CCS(=O)(=O)c2ccc(F)cc2N)CC1. The molecule has 0 bridgehead atoms. The van der Waals surface area contributed by atoms with Crippen molar-refractivity contribution < 1.29 is 12.8 Å². The quantitative estimate of drug-likeness (QED) is 0.645. The van der Waals surface area contributed by atoms with Gasteiger partial charge in [0.15, 0.2) is 9.84 Å². The zero-order chi connectivity index (χ0) is 14.8. The maximum Gasteiger partial charge on any atom is 0.181 e. The van der Waals surface area contributed by atoms with Gasteiger partial charge in [-0.05, 0) is 25.2 Å². The molecule has 0 amide bonds. The summed E-state index contributed by atoms with van der Waals surface area (Å²) in [6.45, 7) is 4.10. The molecule has 1 fully saturated rings. The number of nitrogen functional groups attached to an aromatic ring is 1. The van der Waals surface area contributed by atoms with Crippen LogP contribution in [-0.2, 0) is 9.84 Å². The van der Waals surface area contributed by atoms with Crippen LogP contribution in [-0.4, -0.2) is 63.7 Å². The van der Waals surface area contributed by atoms with E-state index in [2.05, 4.69) is 9.80 Å². The van der Waals surface area contributed by atoms with E-state index in [9.17, 15) is 12.8 Å². The molecule has 1 aliphatic rings. The number of rotatable bonds is 4. The van der Waals surface area contributed by atoms with E-state index in [4.69, 9.17) is 5.73 Å². The number of benzene rings is 1. The largest absolute Gasteiger partial charge is 0.398 e. The molecule has 2 N–H and O–H groups in total. The molecule has 1 aromatic carbocycles. The van der Waals surface area contributed by atoms with Crippen LogP contribution in [0.25, 0.3) is 0 Å². The van der Waals surface area contributed by atoms with E-state index in [1.165, 1.54) is 6.07 Å². The lowest BCUT2D eigenvalue weighted by atomic mass is 10.3. The summed E-state index contributed by atoms with van der Waals surface area (Å²) < 4.78 is 37.4. The van der Waals surface area contributed by atoms with E-state index in [1.807, 2.05) is 7.05 Å². The second-order valence-electron chi connectivity index (χ2n) is 5.15. The van der Waals surface area contributed by atoms with Crippen molar-refractivity contribution in [3.05, 3.63) is 24.0 Å². The van der Waals surface area contributed by atoms with Crippen molar-refractivity contribution in [2.45, 2.75) is 4.90 Å². The van der Waals surface area contributed by atoms with Crippen LogP contribution >= 0.6 is 0 Å². The Morgan fingerprint density at radius 2 is 1.90 bits per heavy atom. The molecule has 1 heterocycles. The van der Waals surface area contributed by atoms with Crippen molar-refractivity contribution >= 4 is 15.5 Å². The molecule has 2 rings (SSSR count). The second-order valence-corrected chi connectivity index (χ2v) is 7.22. The summed E-state index contributed by atoms with van der Waals surface area (Å²) in [6.07, 6.45) is 0. The highest BCUT2D eigenvalue weighted by Crippen LogP contribution is 2.20. The molecule has 1 aliphatic heterocycles. The molecule has 1 saturated heterocycles. The second kappa shape index (κ2) is 6.07. The van der Waals surface area contributed by atoms with Gasteiger partial charge in [-0.2, -0.15) is 0 Å². The molecule has 0 unspecified atom stereocenters. The molecule has 7 heteroatoms. The number of sulfone groups is 1. The Hall–Kier alpha value is -1.18. The standard InChI is InChI=1S/C13H20FN3O2S/c1-16-4-6-17(7-5-16)8-9-20(18,19)13-3-2-11(14)10-12(13)15/h2-3,10H,4-9,15H2,1H3. The van der Waals surface area contributed by atoms with Crippen molar-refractivity contribution in [1.82, 2.24) is 9.80 Å². The lowest BCUT2D eigenvalue weighted by molar-refractivity contribution is 0.161. The summed E-state index contributed by atoms with van der Waals surface area (Å²) in [5.41, 5.74) is 5.57. The van der Waals surface area contributed by atoms with Crippen LogP contribution in [0.1, 0.15) is 0 Å². The van der Waals surface area contributed by atoms with E-state index >= 15 is 0 Å². The minimum absolute atomic E-state index is 0.00649. The Bertz CT molecular complexity index is 569. The average Bonchev–Trinajstić information content (AvgIpc) is 2.37. The predicted molar refractivity (Wildman–Crippen MR) is 76.8 cm³/mol. The van der Waals surface area contributed by atoms with Gasteiger partial charge < -0.3 is 10.6 Å². The summed E-state index contributed by atoms with van der Waals surface area (Å²) in [5.74, 6) is -0.521. The summed E-state index contributed by atoms with van der Waals surface area (Å²) >= 11 is 0. The van der Waals surface area contributed by atoms with Crippen LogP contribution in [0.2, 0.25) is 0 Å². The summed E-state index contributed by atoms with van der Waals surface area (Å²) in [7, 11) is -1.42. The fraction of sp³-hybridized carbons (Fsp3) is 0.538.